The van der Waals surface area contributed by atoms with Crippen LogP contribution in [0.4, 0.5) is 0 Å². The van der Waals surface area contributed by atoms with Gasteiger partial charge in [0.1, 0.15) is 6.04 Å². The summed E-state index contributed by atoms with van der Waals surface area (Å²) >= 11 is 0. The fourth-order valence-electron chi connectivity index (χ4n) is 2.39. The molecule has 130 valence electrons. The van der Waals surface area contributed by atoms with Crippen LogP contribution in [0.2, 0.25) is 0 Å². The molecular weight excluding hydrogens is 324 g/mol. The summed E-state index contributed by atoms with van der Waals surface area (Å²) in [5.41, 5.74) is 1.24. The smallest absolute Gasteiger partial charge is 0.251 e. The van der Waals surface area contributed by atoms with E-state index in [1.807, 2.05) is 6.07 Å². The van der Waals surface area contributed by atoms with Gasteiger partial charge in [-0.25, -0.2) is 0 Å². The molecule has 1 heterocycles. The summed E-state index contributed by atoms with van der Waals surface area (Å²) in [6.07, 6.45) is 0. The summed E-state index contributed by atoms with van der Waals surface area (Å²) < 4.78 is 10.5. The van der Waals surface area contributed by atoms with E-state index in [-0.39, 0.29) is 13.3 Å². The van der Waals surface area contributed by atoms with Crippen molar-refractivity contribution in [1.82, 2.24) is 10.6 Å². The van der Waals surface area contributed by atoms with Crippen LogP contribution in [-0.2, 0) is 11.3 Å². The number of rotatable bonds is 6. The van der Waals surface area contributed by atoms with Gasteiger partial charge in [-0.15, -0.1) is 0 Å². The SMILES string of the molecule is O=C(N[C@@H](CO)C(=O)NCc1ccc2c(c1)OCO2)c1ccccc1. The molecular formula is C18H18N2O5. The Morgan fingerprint density at radius 1 is 1.08 bits per heavy atom. The number of carbonyl (C=O) groups is 2. The van der Waals surface area contributed by atoms with Gasteiger partial charge in [-0.05, 0) is 29.8 Å². The molecule has 0 bridgehead atoms. The second kappa shape index (κ2) is 7.67. The van der Waals surface area contributed by atoms with Crippen LogP contribution in [0.25, 0.3) is 0 Å². The number of aliphatic hydroxyl groups is 1. The van der Waals surface area contributed by atoms with Crippen molar-refractivity contribution < 1.29 is 24.2 Å². The van der Waals surface area contributed by atoms with E-state index in [9.17, 15) is 14.7 Å². The first-order chi connectivity index (χ1) is 12.2. The van der Waals surface area contributed by atoms with Gasteiger partial charge in [0.25, 0.3) is 5.91 Å². The molecule has 3 N–H and O–H groups in total. The molecule has 7 heteroatoms. The van der Waals surface area contributed by atoms with Gasteiger partial charge in [-0.1, -0.05) is 24.3 Å². The summed E-state index contributed by atoms with van der Waals surface area (Å²) in [4.78, 5) is 24.3. The van der Waals surface area contributed by atoms with Crippen molar-refractivity contribution in [2.24, 2.45) is 0 Å². The molecule has 1 aliphatic rings. The zero-order chi connectivity index (χ0) is 17.6. The summed E-state index contributed by atoms with van der Waals surface area (Å²) in [5, 5.41) is 14.6. The van der Waals surface area contributed by atoms with Crippen LogP contribution in [0.3, 0.4) is 0 Å². The lowest BCUT2D eigenvalue weighted by molar-refractivity contribution is -0.124. The molecule has 7 nitrogen and oxygen atoms in total. The Labute approximate surface area is 144 Å². The molecule has 2 aromatic rings. The predicted octanol–water partition coefficient (Wildman–Crippen LogP) is 0.822. The van der Waals surface area contributed by atoms with Crippen molar-refractivity contribution in [3.05, 3.63) is 59.7 Å². The quantitative estimate of drug-likeness (QED) is 0.722. The average molecular weight is 342 g/mol. The molecule has 1 aliphatic heterocycles. The van der Waals surface area contributed by atoms with Gasteiger partial charge >= 0.3 is 0 Å². The van der Waals surface area contributed by atoms with Crippen molar-refractivity contribution in [2.75, 3.05) is 13.4 Å². The van der Waals surface area contributed by atoms with Gasteiger partial charge in [0.05, 0.1) is 6.61 Å². The topological polar surface area (TPSA) is 96.9 Å². The van der Waals surface area contributed by atoms with Crippen molar-refractivity contribution in [3.8, 4) is 11.5 Å². The number of amides is 2. The van der Waals surface area contributed by atoms with Gasteiger partial charge in [-0.3, -0.25) is 9.59 Å². The molecule has 0 saturated carbocycles. The van der Waals surface area contributed by atoms with Crippen LogP contribution in [-0.4, -0.2) is 36.4 Å². The predicted molar refractivity (Wildman–Crippen MR) is 89.2 cm³/mol. The first-order valence-electron chi connectivity index (χ1n) is 7.80. The van der Waals surface area contributed by atoms with E-state index in [1.165, 1.54) is 0 Å². The average Bonchev–Trinajstić information content (AvgIpc) is 3.12. The van der Waals surface area contributed by atoms with E-state index < -0.39 is 24.5 Å². The number of benzene rings is 2. The normalized spacial score (nSPS) is 13.2. The Hall–Kier alpha value is -3.06. The van der Waals surface area contributed by atoms with E-state index in [0.29, 0.717) is 17.1 Å². The van der Waals surface area contributed by atoms with Gasteiger partial charge in [0, 0.05) is 12.1 Å². The monoisotopic (exact) mass is 342 g/mol. The Balaban J connectivity index is 1.56. The summed E-state index contributed by atoms with van der Waals surface area (Å²) in [6, 6.07) is 12.8. The second-order valence-corrected chi connectivity index (χ2v) is 5.48. The maximum Gasteiger partial charge on any atom is 0.251 e. The van der Waals surface area contributed by atoms with Crippen molar-refractivity contribution in [2.45, 2.75) is 12.6 Å². The Kier molecular flexibility index (Phi) is 5.15. The van der Waals surface area contributed by atoms with E-state index in [1.54, 1.807) is 42.5 Å². The van der Waals surface area contributed by atoms with Gasteiger partial charge in [-0.2, -0.15) is 0 Å². The number of nitrogens with one attached hydrogen (secondary N) is 2. The number of hydrogen-bond acceptors (Lipinski definition) is 5. The minimum atomic E-state index is -1.03. The third kappa shape index (κ3) is 4.07. The first kappa shape index (κ1) is 16.8. The van der Waals surface area contributed by atoms with E-state index in [0.717, 1.165) is 5.56 Å². The summed E-state index contributed by atoms with van der Waals surface area (Å²) in [5.74, 6) is 0.406. The molecule has 1 atom stereocenters. The molecule has 2 aromatic carbocycles. The van der Waals surface area contributed by atoms with Crippen LogP contribution >= 0.6 is 0 Å². The van der Waals surface area contributed by atoms with Crippen LogP contribution in [0.1, 0.15) is 15.9 Å². The Bertz CT molecular complexity index is 763. The fraction of sp³-hybridized carbons (Fsp3) is 0.222. The third-order valence-corrected chi connectivity index (χ3v) is 3.74. The number of carbonyl (C=O) groups excluding carboxylic acids is 2. The molecule has 0 unspecified atom stereocenters. The molecule has 2 amide bonds. The third-order valence-electron chi connectivity index (χ3n) is 3.74. The van der Waals surface area contributed by atoms with Crippen LogP contribution < -0.4 is 20.1 Å². The molecule has 0 radical (unpaired) electrons. The maximum absolute atomic E-state index is 12.2. The summed E-state index contributed by atoms with van der Waals surface area (Å²) in [7, 11) is 0. The Morgan fingerprint density at radius 2 is 1.84 bits per heavy atom. The zero-order valence-corrected chi connectivity index (χ0v) is 13.4. The van der Waals surface area contributed by atoms with Crippen LogP contribution in [0.5, 0.6) is 11.5 Å². The number of fused-ring (bicyclic) bond motifs is 1. The molecule has 25 heavy (non-hydrogen) atoms. The zero-order valence-electron chi connectivity index (χ0n) is 13.4. The highest BCUT2D eigenvalue weighted by atomic mass is 16.7. The number of hydrogen-bond donors (Lipinski definition) is 3. The number of ether oxygens (including phenoxy) is 2. The lowest BCUT2D eigenvalue weighted by Crippen LogP contribution is -2.48. The second-order valence-electron chi connectivity index (χ2n) is 5.48. The molecule has 0 aliphatic carbocycles. The number of aliphatic hydroxyl groups excluding tert-OH is 1. The lowest BCUT2D eigenvalue weighted by atomic mass is 10.1. The minimum Gasteiger partial charge on any atom is -0.454 e. The van der Waals surface area contributed by atoms with Gasteiger partial charge in [0.15, 0.2) is 11.5 Å². The van der Waals surface area contributed by atoms with Crippen LogP contribution in [0.15, 0.2) is 48.5 Å². The Morgan fingerprint density at radius 3 is 2.60 bits per heavy atom. The van der Waals surface area contributed by atoms with Crippen molar-refractivity contribution >= 4 is 11.8 Å². The van der Waals surface area contributed by atoms with E-state index >= 15 is 0 Å². The molecule has 0 fully saturated rings. The van der Waals surface area contributed by atoms with Gasteiger partial charge in [0.2, 0.25) is 12.7 Å². The van der Waals surface area contributed by atoms with Crippen molar-refractivity contribution in [3.63, 3.8) is 0 Å². The van der Waals surface area contributed by atoms with E-state index in [2.05, 4.69) is 10.6 Å². The molecule has 0 saturated heterocycles. The summed E-state index contributed by atoms with van der Waals surface area (Å²) in [6.45, 7) is -0.0675. The van der Waals surface area contributed by atoms with Gasteiger partial charge < -0.3 is 25.2 Å². The first-order valence-corrected chi connectivity index (χ1v) is 7.80. The standard InChI is InChI=1S/C18H18N2O5/c21-10-14(20-17(22)13-4-2-1-3-5-13)18(23)19-9-12-6-7-15-16(8-12)25-11-24-15/h1-8,14,21H,9-11H2,(H,19,23)(H,20,22)/t14-/m0/s1. The molecule has 0 spiro atoms. The minimum absolute atomic E-state index is 0.184. The van der Waals surface area contributed by atoms with E-state index in [4.69, 9.17) is 9.47 Å². The highest BCUT2D eigenvalue weighted by Crippen LogP contribution is 2.32. The fourth-order valence-corrected chi connectivity index (χ4v) is 2.39. The highest BCUT2D eigenvalue weighted by molar-refractivity contribution is 5.97. The largest absolute Gasteiger partial charge is 0.454 e. The van der Waals surface area contributed by atoms with Crippen LogP contribution in [0, 0.1) is 0 Å². The maximum atomic E-state index is 12.2. The lowest BCUT2D eigenvalue weighted by Gasteiger charge is -2.16. The molecule has 0 aromatic heterocycles. The highest BCUT2D eigenvalue weighted by Gasteiger charge is 2.20. The van der Waals surface area contributed by atoms with Crippen molar-refractivity contribution in [1.29, 1.82) is 0 Å². The molecule has 3 rings (SSSR count).